The Balaban J connectivity index is 1.57. The Kier molecular flexibility index (Phi) is 6.27. The van der Waals surface area contributed by atoms with Gasteiger partial charge < -0.3 is 9.31 Å². The molecule has 0 unspecified atom stereocenters. The molecule has 4 rings (SSSR count). The SMILES string of the molecule is CC1(C)OB(c2c(F)cc(C=NNc3nc(-c4ccccc4)c(C#N)c(=O)[nH]3)cc2F)OC1(C)C. The maximum Gasteiger partial charge on any atom is 0.500 e. The molecule has 11 heteroatoms. The zero-order valence-corrected chi connectivity index (χ0v) is 19.5. The van der Waals surface area contributed by atoms with Gasteiger partial charge in [-0.15, -0.1) is 0 Å². The van der Waals surface area contributed by atoms with Gasteiger partial charge in [0.15, 0.2) is 0 Å². The summed E-state index contributed by atoms with van der Waals surface area (Å²) >= 11 is 0. The van der Waals surface area contributed by atoms with E-state index in [4.69, 9.17) is 9.31 Å². The summed E-state index contributed by atoms with van der Waals surface area (Å²) in [4.78, 5) is 19.0. The van der Waals surface area contributed by atoms with Crippen LogP contribution in [0.25, 0.3) is 11.3 Å². The van der Waals surface area contributed by atoms with Gasteiger partial charge in [0, 0.05) is 11.1 Å². The standard InChI is InChI=1S/C24H22BF2N5O3/c1-23(2)24(3,4)35-25(34-23)19-17(26)10-14(11-18(19)27)13-29-32-22-30-20(15-8-6-5-7-9-15)16(12-28)21(33)31-22/h5-11,13H,1-4H3,(H2,30,31,32,33). The Bertz CT molecular complexity index is 1360. The lowest BCUT2D eigenvalue weighted by atomic mass is 9.77. The van der Waals surface area contributed by atoms with Crippen LogP contribution in [0.3, 0.4) is 0 Å². The number of nitrogens with zero attached hydrogens (tertiary/aromatic N) is 3. The van der Waals surface area contributed by atoms with E-state index in [1.807, 2.05) is 6.07 Å². The molecule has 8 nitrogen and oxygen atoms in total. The number of nitrogens with one attached hydrogen (secondary N) is 2. The zero-order chi connectivity index (χ0) is 25.4. The summed E-state index contributed by atoms with van der Waals surface area (Å²) in [5, 5.41) is 13.3. The molecule has 0 spiro atoms. The molecule has 3 aromatic rings. The predicted octanol–water partition coefficient (Wildman–Crippen LogP) is 3.33. The number of rotatable bonds is 5. The second kappa shape index (κ2) is 9.05. The first-order chi connectivity index (χ1) is 16.5. The van der Waals surface area contributed by atoms with E-state index in [1.54, 1.807) is 58.0 Å². The van der Waals surface area contributed by atoms with Crippen molar-refractivity contribution in [3.05, 3.63) is 75.6 Å². The van der Waals surface area contributed by atoms with Gasteiger partial charge in [-0.1, -0.05) is 30.3 Å². The number of halogens is 2. The monoisotopic (exact) mass is 477 g/mol. The fourth-order valence-corrected chi connectivity index (χ4v) is 3.47. The van der Waals surface area contributed by atoms with E-state index in [2.05, 4.69) is 20.5 Å². The Labute approximate surface area is 200 Å². The van der Waals surface area contributed by atoms with Crippen molar-refractivity contribution < 1.29 is 18.1 Å². The van der Waals surface area contributed by atoms with Crippen molar-refractivity contribution in [1.82, 2.24) is 9.97 Å². The number of aromatic nitrogens is 2. The molecule has 35 heavy (non-hydrogen) atoms. The Morgan fingerprint density at radius 1 is 1.11 bits per heavy atom. The number of aromatic amines is 1. The molecule has 1 aliphatic rings. The number of nitriles is 1. The van der Waals surface area contributed by atoms with Gasteiger partial charge in [0.25, 0.3) is 5.56 Å². The average Bonchev–Trinajstić information content (AvgIpc) is 3.00. The summed E-state index contributed by atoms with van der Waals surface area (Å²) in [7, 11) is -1.19. The molecule has 2 aromatic carbocycles. The van der Waals surface area contributed by atoms with Crippen LogP contribution in [0.4, 0.5) is 14.7 Å². The lowest BCUT2D eigenvalue weighted by molar-refractivity contribution is 0.00578. The van der Waals surface area contributed by atoms with Gasteiger partial charge >= 0.3 is 7.12 Å². The van der Waals surface area contributed by atoms with E-state index in [1.165, 1.54) is 6.21 Å². The second-order valence-electron chi connectivity index (χ2n) is 8.97. The maximum atomic E-state index is 14.8. The van der Waals surface area contributed by atoms with Gasteiger partial charge in [0.1, 0.15) is 23.3 Å². The van der Waals surface area contributed by atoms with E-state index < -0.39 is 35.5 Å². The van der Waals surface area contributed by atoms with E-state index in [-0.39, 0.29) is 28.2 Å². The van der Waals surface area contributed by atoms with Crippen LogP contribution in [0.15, 0.2) is 52.4 Å². The minimum atomic E-state index is -1.19. The smallest absolute Gasteiger partial charge is 0.399 e. The molecular formula is C24H22BF2N5O3. The molecule has 1 aromatic heterocycles. The van der Waals surface area contributed by atoms with Crippen LogP contribution in [-0.4, -0.2) is 34.5 Å². The molecule has 1 aliphatic heterocycles. The fraction of sp³-hybridized carbons (Fsp3) is 0.250. The predicted molar refractivity (Wildman–Crippen MR) is 128 cm³/mol. The summed E-state index contributed by atoms with van der Waals surface area (Å²) in [5.41, 5.74) is 0.788. The van der Waals surface area contributed by atoms with Gasteiger partial charge in [0.2, 0.25) is 5.95 Å². The summed E-state index contributed by atoms with van der Waals surface area (Å²) in [6, 6.07) is 12.8. The highest BCUT2D eigenvalue weighted by Gasteiger charge is 2.53. The van der Waals surface area contributed by atoms with Gasteiger partial charge in [-0.05, 0) is 39.8 Å². The van der Waals surface area contributed by atoms with Crippen molar-refractivity contribution in [2.24, 2.45) is 5.10 Å². The molecular weight excluding hydrogens is 455 g/mol. The highest BCUT2D eigenvalue weighted by molar-refractivity contribution is 6.62. The van der Waals surface area contributed by atoms with E-state index >= 15 is 0 Å². The van der Waals surface area contributed by atoms with Crippen molar-refractivity contribution in [1.29, 1.82) is 5.26 Å². The third-order valence-electron chi connectivity index (χ3n) is 6.05. The highest BCUT2D eigenvalue weighted by Crippen LogP contribution is 2.36. The molecule has 178 valence electrons. The Hall–Kier alpha value is -3.88. The van der Waals surface area contributed by atoms with Crippen molar-refractivity contribution in [2.75, 3.05) is 5.43 Å². The summed E-state index contributed by atoms with van der Waals surface area (Å²) in [6.07, 6.45) is 1.17. The third-order valence-corrected chi connectivity index (χ3v) is 6.05. The molecule has 0 radical (unpaired) electrons. The quantitative estimate of drug-likeness (QED) is 0.331. The van der Waals surface area contributed by atoms with Crippen molar-refractivity contribution in [3.63, 3.8) is 0 Å². The number of benzene rings is 2. The first kappa shape index (κ1) is 24.3. The molecule has 2 heterocycles. The van der Waals surface area contributed by atoms with Crippen LogP contribution >= 0.6 is 0 Å². The Morgan fingerprint density at radius 3 is 2.29 bits per heavy atom. The summed E-state index contributed by atoms with van der Waals surface area (Å²) in [6.45, 7) is 7.17. The van der Waals surface area contributed by atoms with Crippen LogP contribution in [0, 0.1) is 23.0 Å². The molecule has 0 amide bonds. The van der Waals surface area contributed by atoms with Crippen LogP contribution < -0.4 is 16.4 Å². The second-order valence-corrected chi connectivity index (χ2v) is 8.97. The number of hydrazone groups is 1. The van der Waals surface area contributed by atoms with Crippen LogP contribution in [0.5, 0.6) is 0 Å². The van der Waals surface area contributed by atoms with Gasteiger partial charge in [-0.25, -0.2) is 19.2 Å². The summed E-state index contributed by atoms with van der Waals surface area (Å²) < 4.78 is 41.2. The lowest BCUT2D eigenvalue weighted by Gasteiger charge is -2.32. The zero-order valence-electron chi connectivity index (χ0n) is 19.5. The van der Waals surface area contributed by atoms with Crippen molar-refractivity contribution in [3.8, 4) is 17.3 Å². The molecule has 0 aliphatic carbocycles. The van der Waals surface area contributed by atoms with Gasteiger partial charge in [-0.2, -0.15) is 10.4 Å². The number of anilines is 1. The van der Waals surface area contributed by atoms with E-state index in [9.17, 15) is 18.8 Å². The van der Waals surface area contributed by atoms with Crippen molar-refractivity contribution in [2.45, 2.75) is 38.9 Å². The minimum Gasteiger partial charge on any atom is -0.399 e. The highest BCUT2D eigenvalue weighted by atomic mass is 19.1. The van der Waals surface area contributed by atoms with Crippen LogP contribution in [-0.2, 0) is 9.31 Å². The fourth-order valence-electron chi connectivity index (χ4n) is 3.47. The van der Waals surface area contributed by atoms with E-state index in [0.29, 0.717) is 5.56 Å². The van der Waals surface area contributed by atoms with Crippen molar-refractivity contribution >= 4 is 24.7 Å². The molecule has 0 atom stereocenters. The number of hydrogen-bond acceptors (Lipinski definition) is 7. The number of hydrogen-bond donors (Lipinski definition) is 2. The number of H-pyrrole nitrogens is 1. The van der Waals surface area contributed by atoms with Crippen LogP contribution in [0.2, 0.25) is 0 Å². The molecule has 1 fully saturated rings. The Morgan fingerprint density at radius 2 is 1.71 bits per heavy atom. The third kappa shape index (κ3) is 4.71. The average molecular weight is 477 g/mol. The first-order valence-corrected chi connectivity index (χ1v) is 10.8. The van der Waals surface area contributed by atoms with Gasteiger partial charge in [-0.3, -0.25) is 9.78 Å². The summed E-state index contributed by atoms with van der Waals surface area (Å²) in [5.74, 6) is -1.73. The van der Waals surface area contributed by atoms with E-state index in [0.717, 1.165) is 12.1 Å². The van der Waals surface area contributed by atoms with Gasteiger partial charge in [0.05, 0.1) is 28.6 Å². The maximum absolute atomic E-state index is 14.8. The molecule has 0 saturated carbocycles. The molecule has 0 bridgehead atoms. The first-order valence-electron chi connectivity index (χ1n) is 10.8. The topological polar surface area (TPSA) is 112 Å². The minimum absolute atomic E-state index is 0.0427. The molecule has 2 N–H and O–H groups in total. The van der Waals surface area contributed by atoms with Crippen LogP contribution in [0.1, 0.15) is 38.8 Å². The normalized spacial score (nSPS) is 16.4. The lowest BCUT2D eigenvalue weighted by Crippen LogP contribution is -2.41. The largest absolute Gasteiger partial charge is 0.500 e. The molecule has 1 saturated heterocycles.